The molecule has 0 aromatic heterocycles. The molecule has 0 radical (unpaired) electrons. The zero-order valence-electron chi connectivity index (χ0n) is 10.2. The Morgan fingerprint density at radius 3 is 2.76 bits per heavy atom. The first-order valence-corrected chi connectivity index (χ1v) is 5.88. The number of carbonyl (C=O) groups excluding carboxylic acids is 1. The van der Waals surface area contributed by atoms with Gasteiger partial charge in [-0.3, -0.25) is 0 Å². The van der Waals surface area contributed by atoms with Crippen LogP contribution in [0.3, 0.4) is 0 Å². The third-order valence-corrected chi connectivity index (χ3v) is 2.55. The van der Waals surface area contributed by atoms with Crippen molar-refractivity contribution in [2.45, 2.75) is 25.8 Å². The van der Waals surface area contributed by atoms with E-state index in [1.54, 1.807) is 0 Å². The smallest absolute Gasteiger partial charge is 0.404 e. The summed E-state index contributed by atoms with van der Waals surface area (Å²) in [7, 11) is 0. The summed E-state index contributed by atoms with van der Waals surface area (Å²) in [6.07, 6.45) is 1.38. The summed E-state index contributed by atoms with van der Waals surface area (Å²) in [4.78, 5) is 10.3. The highest BCUT2D eigenvalue weighted by Gasteiger charge is 2.02. The average Bonchev–Trinajstić information content (AvgIpc) is 2.33. The molecule has 0 saturated heterocycles. The van der Waals surface area contributed by atoms with E-state index in [2.05, 4.69) is 29.1 Å². The van der Waals surface area contributed by atoms with Gasteiger partial charge in [-0.1, -0.05) is 30.3 Å². The van der Waals surface area contributed by atoms with Crippen molar-refractivity contribution < 1.29 is 9.53 Å². The molecule has 1 aromatic rings. The van der Waals surface area contributed by atoms with E-state index in [1.807, 2.05) is 18.2 Å². The predicted octanol–water partition coefficient (Wildman–Crippen LogP) is 1.69. The summed E-state index contributed by atoms with van der Waals surface area (Å²) in [6.45, 7) is 3.08. The molecule has 4 heteroatoms. The van der Waals surface area contributed by atoms with Crippen molar-refractivity contribution in [3.05, 3.63) is 35.9 Å². The fraction of sp³-hybridized carbons (Fsp3) is 0.462. The number of nitrogens with two attached hydrogens (primary N) is 1. The Morgan fingerprint density at radius 2 is 2.12 bits per heavy atom. The van der Waals surface area contributed by atoms with Gasteiger partial charge in [0.15, 0.2) is 0 Å². The van der Waals surface area contributed by atoms with E-state index in [1.165, 1.54) is 5.56 Å². The Bertz CT molecular complexity index is 327. The van der Waals surface area contributed by atoms with Gasteiger partial charge in [0.1, 0.15) is 6.61 Å². The minimum absolute atomic E-state index is 0.324. The number of aryl methyl sites for hydroxylation is 1. The first kappa shape index (κ1) is 13.5. The summed E-state index contributed by atoms with van der Waals surface area (Å²) in [5.41, 5.74) is 6.20. The summed E-state index contributed by atoms with van der Waals surface area (Å²) < 4.78 is 4.63. The largest absolute Gasteiger partial charge is 0.448 e. The number of carbonyl (C=O) groups is 1. The molecular formula is C13H20N2O2. The minimum atomic E-state index is -0.719. The van der Waals surface area contributed by atoms with E-state index < -0.39 is 6.09 Å². The lowest BCUT2D eigenvalue weighted by Gasteiger charge is -2.13. The molecule has 0 aliphatic rings. The molecule has 0 saturated carbocycles. The van der Waals surface area contributed by atoms with Gasteiger partial charge in [0, 0.05) is 12.6 Å². The van der Waals surface area contributed by atoms with E-state index in [0.29, 0.717) is 19.2 Å². The minimum Gasteiger partial charge on any atom is -0.448 e. The molecule has 1 unspecified atom stereocenters. The van der Waals surface area contributed by atoms with E-state index >= 15 is 0 Å². The standard InChI is InChI=1S/C13H20N2O2/c1-11(15-9-10-17-13(14)16)7-8-12-5-3-2-4-6-12/h2-6,11,15H,7-10H2,1H3,(H2,14,16). The maximum atomic E-state index is 10.3. The highest BCUT2D eigenvalue weighted by Crippen LogP contribution is 2.04. The molecule has 1 aromatic carbocycles. The number of benzene rings is 1. The van der Waals surface area contributed by atoms with Crippen LogP contribution in [0.4, 0.5) is 4.79 Å². The SMILES string of the molecule is CC(CCc1ccccc1)NCCOC(N)=O. The highest BCUT2D eigenvalue weighted by molar-refractivity contribution is 5.64. The first-order valence-electron chi connectivity index (χ1n) is 5.88. The molecule has 1 rings (SSSR count). The number of amides is 1. The Balaban J connectivity index is 2.09. The van der Waals surface area contributed by atoms with Gasteiger partial charge in [-0.25, -0.2) is 4.79 Å². The van der Waals surface area contributed by atoms with Gasteiger partial charge >= 0.3 is 6.09 Å². The normalized spacial score (nSPS) is 12.1. The van der Waals surface area contributed by atoms with Gasteiger partial charge in [0.25, 0.3) is 0 Å². The monoisotopic (exact) mass is 236 g/mol. The Morgan fingerprint density at radius 1 is 1.41 bits per heavy atom. The predicted molar refractivity (Wildman–Crippen MR) is 67.8 cm³/mol. The molecule has 17 heavy (non-hydrogen) atoms. The summed E-state index contributed by atoms with van der Waals surface area (Å²) in [6, 6.07) is 10.8. The molecule has 4 nitrogen and oxygen atoms in total. The van der Waals surface area contributed by atoms with Crippen LogP contribution >= 0.6 is 0 Å². The number of nitrogens with one attached hydrogen (secondary N) is 1. The summed E-state index contributed by atoms with van der Waals surface area (Å²) in [5.74, 6) is 0. The van der Waals surface area contributed by atoms with Crippen LogP contribution in [0.25, 0.3) is 0 Å². The second kappa shape index (κ2) is 7.68. The molecule has 94 valence electrons. The molecule has 0 aliphatic carbocycles. The fourth-order valence-electron chi connectivity index (χ4n) is 1.59. The van der Waals surface area contributed by atoms with E-state index in [9.17, 15) is 4.79 Å². The number of hydrogen-bond acceptors (Lipinski definition) is 3. The topological polar surface area (TPSA) is 64.3 Å². The van der Waals surface area contributed by atoms with Gasteiger partial charge in [0.2, 0.25) is 0 Å². The van der Waals surface area contributed by atoms with Crippen LogP contribution in [0.5, 0.6) is 0 Å². The van der Waals surface area contributed by atoms with Gasteiger partial charge in [-0.15, -0.1) is 0 Å². The molecule has 0 heterocycles. The zero-order valence-corrected chi connectivity index (χ0v) is 10.2. The number of hydrogen-bond donors (Lipinski definition) is 2. The molecule has 0 bridgehead atoms. The van der Waals surface area contributed by atoms with Crippen LogP contribution in [0.1, 0.15) is 18.9 Å². The lowest BCUT2D eigenvalue weighted by molar-refractivity contribution is 0.156. The highest BCUT2D eigenvalue weighted by atomic mass is 16.5. The van der Waals surface area contributed by atoms with Crippen LogP contribution in [0.15, 0.2) is 30.3 Å². The quantitative estimate of drug-likeness (QED) is 0.708. The molecule has 1 atom stereocenters. The molecule has 3 N–H and O–H groups in total. The second-order valence-corrected chi connectivity index (χ2v) is 4.05. The van der Waals surface area contributed by atoms with Crippen LogP contribution in [-0.4, -0.2) is 25.3 Å². The number of primary amides is 1. The third-order valence-electron chi connectivity index (χ3n) is 2.55. The van der Waals surface area contributed by atoms with Crippen LogP contribution < -0.4 is 11.1 Å². The Kier molecular flexibility index (Phi) is 6.10. The van der Waals surface area contributed by atoms with Crippen molar-refractivity contribution in [2.24, 2.45) is 5.73 Å². The third kappa shape index (κ3) is 6.58. The molecule has 1 amide bonds. The van der Waals surface area contributed by atoms with Crippen molar-refractivity contribution in [2.75, 3.05) is 13.2 Å². The number of ether oxygens (including phenoxy) is 1. The van der Waals surface area contributed by atoms with Crippen molar-refractivity contribution in [3.63, 3.8) is 0 Å². The van der Waals surface area contributed by atoms with Gasteiger partial charge in [-0.05, 0) is 25.3 Å². The summed E-state index contributed by atoms with van der Waals surface area (Å²) in [5, 5.41) is 3.28. The van der Waals surface area contributed by atoms with Crippen LogP contribution in [0.2, 0.25) is 0 Å². The van der Waals surface area contributed by atoms with E-state index in [4.69, 9.17) is 5.73 Å². The van der Waals surface area contributed by atoms with Crippen molar-refractivity contribution in [1.29, 1.82) is 0 Å². The molecule has 0 aliphatic heterocycles. The number of rotatable bonds is 7. The maximum absolute atomic E-state index is 10.3. The molecule has 0 spiro atoms. The average molecular weight is 236 g/mol. The van der Waals surface area contributed by atoms with Crippen molar-refractivity contribution >= 4 is 6.09 Å². The van der Waals surface area contributed by atoms with Gasteiger partial charge in [-0.2, -0.15) is 0 Å². The lowest BCUT2D eigenvalue weighted by atomic mass is 10.1. The zero-order chi connectivity index (χ0) is 12.5. The first-order chi connectivity index (χ1) is 8.18. The molecule has 0 fully saturated rings. The maximum Gasteiger partial charge on any atom is 0.404 e. The lowest BCUT2D eigenvalue weighted by Crippen LogP contribution is -2.31. The van der Waals surface area contributed by atoms with Gasteiger partial charge < -0.3 is 15.8 Å². The second-order valence-electron chi connectivity index (χ2n) is 4.05. The van der Waals surface area contributed by atoms with Gasteiger partial charge in [0.05, 0.1) is 0 Å². The van der Waals surface area contributed by atoms with Crippen LogP contribution in [-0.2, 0) is 11.2 Å². The Hall–Kier alpha value is -1.55. The van der Waals surface area contributed by atoms with Crippen molar-refractivity contribution in [3.8, 4) is 0 Å². The van der Waals surface area contributed by atoms with Crippen LogP contribution in [0, 0.1) is 0 Å². The van der Waals surface area contributed by atoms with E-state index in [0.717, 1.165) is 12.8 Å². The molecular weight excluding hydrogens is 216 g/mol. The Labute approximate surface area is 102 Å². The van der Waals surface area contributed by atoms with Crippen molar-refractivity contribution in [1.82, 2.24) is 5.32 Å². The fourth-order valence-corrected chi connectivity index (χ4v) is 1.59. The summed E-state index contributed by atoms with van der Waals surface area (Å²) >= 11 is 0. The van der Waals surface area contributed by atoms with E-state index in [-0.39, 0.29) is 0 Å².